The number of rotatable bonds is 4. The largest absolute Gasteiger partial charge is 0.106 e. The van der Waals surface area contributed by atoms with Crippen LogP contribution in [0.15, 0.2) is 11.1 Å². The molecule has 0 saturated heterocycles. The zero-order chi connectivity index (χ0) is 10.3. The van der Waals surface area contributed by atoms with Gasteiger partial charge in [0.05, 0.1) is 0 Å². The molecule has 1 atom stereocenters. The molecule has 0 amide bonds. The van der Waals surface area contributed by atoms with Crippen LogP contribution in [0.25, 0.3) is 0 Å². The van der Waals surface area contributed by atoms with E-state index in [2.05, 4.69) is 39.5 Å². The highest BCUT2D eigenvalue weighted by Gasteiger charge is 2.06. The molecular weight excluding hydrogens is 156 g/mol. The Bertz CT molecular complexity index is 222. The lowest BCUT2D eigenvalue weighted by molar-refractivity contribution is 0.623. The molecule has 0 heterocycles. The monoisotopic (exact) mass is 178 g/mol. The summed E-state index contributed by atoms with van der Waals surface area (Å²) in [4.78, 5) is 0. The Morgan fingerprint density at radius 2 is 1.92 bits per heavy atom. The average Bonchev–Trinajstić information content (AvgIpc) is 2.15. The quantitative estimate of drug-likeness (QED) is 0.447. The van der Waals surface area contributed by atoms with Crippen molar-refractivity contribution >= 4 is 0 Å². The minimum atomic E-state index is 0.726. The summed E-state index contributed by atoms with van der Waals surface area (Å²) in [5.41, 5.74) is 3.08. The van der Waals surface area contributed by atoms with E-state index in [-0.39, 0.29) is 0 Å². The molecule has 0 fully saturated rings. The van der Waals surface area contributed by atoms with Crippen LogP contribution in [0.5, 0.6) is 0 Å². The van der Waals surface area contributed by atoms with Gasteiger partial charge in [0.15, 0.2) is 0 Å². The maximum atomic E-state index is 3.13. The first kappa shape index (κ1) is 12.3. The van der Waals surface area contributed by atoms with Gasteiger partial charge in [-0.15, -0.1) is 5.92 Å². The molecule has 0 N–H and O–H groups in total. The third-order valence-corrected chi connectivity index (χ3v) is 2.67. The highest BCUT2D eigenvalue weighted by atomic mass is 14.1. The van der Waals surface area contributed by atoms with Crippen LogP contribution in [0.2, 0.25) is 0 Å². The van der Waals surface area contributed by atoms with Crippen LogP contribution in [0, 0.1) is 17.8 Å². The summed E-state index contributed by atoms with van der Waals surface area (Å²) >= 11 is 0. The first-order valence-corrected chi connectivity index (χ1v) is 5.25. The molecule has 0 aromatic heterocycles. The highest BCUT2D eigenvalue weighted by Crippen LogP contribution is 2.22. The summed E-state index contributed by atoms with van der Waals surface area (Å²) < 4.78 is 0. The summed E-state index contributed by atoms with van der Waals surface area (Å²) in [6.07, 6.45) is 3.36. The van der Waals surface area contributed by atoms with E-state index >= 15 is 0 Å². The SMILES string of the molecule is CC#CCC(C)=C(CC)C(C)CC. The second kappa shape index (κ2) is 6.78. The van der Waals surface area contributed by atoms with Crippen molar-refractivity contribution in [2.24, 2.45) is 5.92 Å². The first-order chi connectivity index (χ1) is 6.17. The Kier molecular flexibility index (Phi) is 6.41. The van der Waals surface area contributed by atoms with Gasteiger partial charge in [-0.1, -0.05) is 37.8 Å². The lowest BCUT2D eigenvalue weighted by atomic mass is 9.91. The summed E-state index contributed by atoms with van der Waals surface area (Å²) in [5.74, 6) is 6.81. The highest BCUT2D eigenvalue weighted by molar-refractivity contribution is 5.19. The molecule has 0 nitrogen and oxygen atoms in total. The summed E-state index contributed by atoms with van der Waals surface area (Å²) in [5, 5.41) is 0. The molecule has 0 aromatic carbocycles. The van der Waals surface area contributed by atoms with Crippen LogP contribution in [-0.2, 0) is 0 Å². The molecule has 0 saturated carbocycles. The topological polar surface area (TPSA) is 0 Å². The van der Waals surface area contributed by atoms with Gasteiger partial charge in [-0.2, -0.15) is 0 Å². The molecule has 0 aliphatic rings. The van der Waals surface area contributed by atoms with Gasteiger partial charge in [0, 0.05) is 6.42 Å². The number of allylic oxidation sites excluding steroid dienone is 2. The average molecular weight is 178 g/mol. The van der Waals surface area contributed by atoms with Crippen molar-refractivity contribution in [3.63, 3.8) is 0 Å². The maximum Gasteiger partial charge on any atom is 0.0299 e. The Morgan fingerprint density at radius 3 is 2.31 bits per heavy atom. The fourth-order valence-corrected chi connectivity index (χ4v) is 1.65. The van der Waals surface area contributed by atoms with E-state index < -0.39 is 0 Å². The van der Waals surface area contributed by atoms with Crippen LogP contribution in [0.3, 0.4) is 0 Å². The minimum Gasteiger partial charge on any atom is -0.106 e. The van der Waals surface area contributed by atoms with Crippen LogP contribution >= 0.6 is 0 Å². The van der Waals surface area contributed by atoms with E-state index in [1.165, 1.54) is 18.4 Å². The Morgan fingerprint density at radius 1 is 1.31 bits per heavy atom. The van der Waals surface area contributed by atoms with E-state index in [0.717, 1.165) is 12.3 Å². The molecule has 0 aromatic rings. The molecule has 0 rings (SSSR count). The molecule has 0 heteroatoms. The lowest BCUT2D eigenvalue weighted by Gasteiger charge is -2.15. The Labute approximate surface area is 83.4 Å². The number of hydrogen-bond acceptors (Lipinski definition) is 0. The second-order valence-corrected chi connectivity index (χ2v) is 3.57. The lowest BCUT2D eigenvalue weighted by Crippen LogP contribution is -1.99. The predicted molar refractivity (Wildman–Crippen MR) is 60.5 cm³/mol. The van der Waals surface area contributed by atoms with Crippen molar-refractivity contribution in [2.75, 3.05) is 0 Å². The Balaban J connectivity index is 4.54. The molecule has 74 valence electrons. The number of hydrogen-bond donors (Lipinski definition) is 0. The van der Waals surface area contributed by atoms with Crippen LogP contribution in [0.1, 0.15) is 53.9 Å². The minimum absolute atomic E-state index is 0.726. The van der Waals surface area contributed by atoms with E-state index in [9.17, 15) is 0 Å². The van der Waals surface area contributed by atoms with Crippen molar-refractivity contribution in [3.05, 3.63) is 11.1 Å². The molecule has 0 bridgehead atoms. The van der Waals surface area contributed by atoms with E-state index in [1.54, 1.807) is 5.57 Å². The van der Waals surface area contributed by atoms with Crippen molar-refractivity contribution in [3.8, 4) is 11.8 Å². The van der Waals surface area contributed by atoms with Crippen molar-refractivity contribution < 1.29 is 0 Å². The smallest absolute Gasteiger partial charge is 0.0299 e. The van der Waals surface area contributed by atoms with E-state index in [1.807, 2.05) is 6.92 Å². The Hall–Kier alpha value is -0.700. The van der Waals surface area contributed by atoms with Crippen LogP contribution in [0.4, 0.5) is 0 Å². The molecule has 0 radical (unpaired) electrons. The van der Waals surface area contributed by atoms with E-state index in [4.69, 9.17) is 0 Å². The van der Waals surface area contributed by atoms with Gasteiger partial charge in [-0.3, -0.25) is 0 Å². The van der Waals surface area contributed by atoms with Crippen molar-refractivity contribution in [1.82, 2.24) is 0 Å². The standard InChI is InChI=1S/C13H22/c1-6-9-10-12(5)13(8-3)11(4)7-2/h11H,7-8,10H2,1-5H3. The summed E-state index contributed by atoms with van der Waals surface area (Å²) in [6, 6.07) is 0. The van der Waals surface area contributed by atoms with Gasteiger partial charge in [0.1, 0.15) is 0 Å². The molecule has 0 aliphatic carbocycles. The van der Waals surface area contributed by atoms with Gasteiger partial charge < -0.3 is 0 Å². The fraction of sp³-hybridized carbons (Fsp3) is 0.692. The normalized spacial score (nSPS) is 14.2. The molecule has 1 unspecified atom stereocenters. The third kappa shape index (κ3) is 4.18. The molecule has 0 aliphatic heterocycles. The molecular formula is C13H22. The predicted octanol–water partition coefficient (Wildman–Crippen LogP) is 4.17. The zero-order valence-corrected chi connectivity index (χ0v) is 9.70. The third-order valence-electron chi connectivity index (χ3n) is 2.67. The summed E-state index contributed by atoms with van der Waals surface area (Å²) in [6.45, 7) is 10.9. The van der Waals surface area contributed by atoms with Gasteiger partial charge in [0.2, 0.25) is 0 Å². The molecule has 13 heavy (non-hydrogen) atoms. The van der Waals surface area contributed by atoms with Crippen molar-refractivity contribution in [2.45, 2.75) is 53.9 Å². The van der Waals surface area contributed by atoms with Crippen LogP contribution < -0.4 is 0 Å². The first-order valence-electron chi connectivity index (χ1n) is 5.25. The maximum absolute atomic E-state index is 3.13. The fourth-order valence-electron chi connectivity index (χ4n) is 1.65. The second-order valence-electron chi connectivity index (χ2n) is 3.57. The van der Waals surface area contributed by atoms with Gasteiger partial charge in [-0.05, 0) is 32.6 Å². The summed E-state index contributed by atoms with van der Waals surface area (Å²) in [7, 11) is 0. The van der Waals surface area contributed by atoms with Crippen molar-refractivity contribution in [1.29, 1.82) is 0 Å². The molecule has 0 spiro atoms. The van der Waals surface area contributed by atoms with Gasteiger partial charge >= 0.3 is 0 Å². The van der Waals surface area contributed by atoms with Gasteiger partial charge in [0.25, 0.3) is 0 Å². The zero-order valence-electron chi connectivity index (χ0n) is 9.70. The van der Waals surface area contributed by atoms with E-state index in [0.29, 0.717) is 0 Å². The van der Waals surface area contributed by atoms with Crippen LogP contribution in [-0.4, -0.2) is 0 Å². The van der Waals surface area contributed by atoms with Gasteiger partial charge in [-0.25, -0.2) is 0 Å².